The quantitative estimate of drug-likeness (QED) is 0.661. The maximum atomic E-state index is 13.0. The molecule has 0 aromatic carbocycles. The molecule has 0 unspecified atom stereocenters. The molecule has 0 spiro atoms. The van der Waals surface area contributed by atoms with Crippen molar-refractivity contribution < 1.29 is 17.7 Å². The van der Waals surface area contributed by atoms with Crippen molar-refractivity contribution >= 4 is 21.1 Å². The minimum Gasteiger partial charge on any atom is -0.487 e. The van der Waals surface area contributed by atoms with Crippen LogP contribution < -0.4 is 4.74 Å². The van der Waals surface area contributed by atoms with Gasteiger partial charge in [0, 0.05) is 12.2 Å². The molecule has 142 valence electrons. The maximum Gasteiger partial charge on any atom is 0.258 e. The minimum absolute atomic E-state index is 0.144. The summed E-state index contributed by atoms with van der Waals surface area (Å²) >= 11 is 0. The van der Waals surface area contributed by atoms with E-state index in [0.717, 1.165) is 5.69 Å². The fraction of sp³-hybridized carbons (Fsp3) is 0.389. The molecule has 0 bridgehead atoms. The van der Waals surface area contributed by atoms with Crippen LogP contribution in [0.5, 0.6) is 5.75 Å². The van der Waals surface area contributed by atoms with E-state index < -0.39 is 10.0 Å². The maximum absolute atomic E-state index is 13.0. The first kappa shape index (κ1) is 17.9. The Balaban J connectivity index is 1.53. The average molecular weight is 388 g/mol. The van der Waals surface area contributed by atoms with Crippen molar-refractivity contribution in [2.45, 2.75) is 37.7 Å². The minimum atomic E-state index is -3.66. The van der Waals surface area contributed by atoms with E-state index in [1.54, 1.807) is 12.3 Å². The van der Waals surface area contributed by atoms with Gasteiger partial charge in [0.05, 0.1) is 30.0 Å². The van der Waals surface area contributed by atoms with Gasteiger partial charge in [-0.3, -0.25) is 4.98 Å². The molecule has 0 aliphatic carbocycles. The molecule has 9 heteroatoms. The molecule has 0 amide bonds. The molecule has 1 saturated heterocycles. The third-order valence-corrected chi connectivity index (χ3v) is 6.48. The third-order valence-electron chi connectivity index (χ3n) is 4.65. The Hall–Kier alpha value is -2.52. The standard InChI is InChI=1S/C18H20N4O4S/c1-3-17-16-8-15(10-20-18(16)26-21-17)27(23,24)22-7-6-14(11-22)25-13-5-4-12(2)19-9-13/h4-5,8-10,14H,3,6-7,11H2,1-2H3/t14-/m0/s1. The lowest BCUT2D eigenvalue weighted by molar-refractivity contribution is 0.214. The Kier molecular flexibility index (Phi) is 4.56. The molecule has 4 rings (SSSR count). The van der Waals surface area contributed by atoms with Gasteiger partial charge in [0.25, 0.3) is 5.71 Å². The van der Waals surface area contributed by atoms with Crippen LogP contribution in [0.4, 0.5) is 0 Å². The lowest BCUT2D eigenvalue weighted by atomic mass is 10.2. The summed E-state index contributed by atoms with van der Waals surface area (Å²) in [5.41, 5.74) is 1.95. The monoisotopic (exact) mass is 388 g/mol. The summed E-state index contributed by atoms with van der Waals surface area (Å²) in [7, 11) is -3.66. The van der Waals surface area contributed by atoms with Crippen LogP contribution in [0.3, 0.4) is 0 Å². The van der Waals surface area contributed by atoms with E-state index in [9.17, 15) is 8.42 Å². The van der Waals surface area contributed by atoms with Gasteiger partial charge in [-0.25, -0.2) is 13.4 Å². The Morgan fingerprint density at radius 3 is 2.89 bits per heavy atom. The van der Waals surface area contributed by atoms with Crippen molar-refractivity contribution in [2.24, 2.45) is 0 Å². The Labute approximate surface area is 157 Å². The van der Waals surface area contributed by atoms with Gasteiger partial charge in [0.15, 0.2) is 0 Å². The summed E-state index contributed by atoms with van der Waals surface area (Å²) in [6.45, 7) is 4.52. The number of rotatable bonds is 5. The number of pyridine rings is 2. The molecule has 3 aromatic rings. The van der Waals surface area contributed by atoms with Crippen molar-refractivity contribution in [2.75, 3.05) is 13.1 Å². The predicted octanol–water partition coefficient (Wildman–Crippen LogP) is 2.33. The number of hydrogen-bond donors (Lipinski definition) is 0. The molecular weight excluding hydrogens is 368 g/mol. The molecule has 3 aromatic heterocycles. The van der Waals surface area contributed by atoms with Crippen LogP contribution in [0.15, 0.2) is 40.0 Å². The molecule has 1 aliphatic rings. The number of fused-ring (bicyclic) bond motifs is 1. The fourth-order valence-corrected chi connectivity index (χ4v) is 4.59. The number of ether oxygens (including phenoxy) is 1. The van der Waals surface area contributed by atoms with Crippen LogP contribution in [0, 0.1) is 6.92 Å². The molecule has 0 radical (unpaired) electrons. The first-order chi connectivity index (χ1) is 13.0. The van der Waals surface area contributed by atoms with Crippen LogP contribution in [0.25, 0.3) is 11.1 Å². The number of aromatic nitrogens is 3. The number of aryl methyl sites for hydroxylation is 2. The summed E-state index contributed by atoms with van der Waals surface area (Å²) in [5, 5.41) is 4.56. The van der Waals surface area contributed by atoms with Gasteiger partial charge in [-0.15, -0.1) is 0 Å². The first-order valence-corrected chi connectivity index (χ1v) is 10.2. The summed E-state index contributed by atoms with van der Waals surface area (Å²) in [4.78, 5) is 8.45. The average Bonchev–Trinajstić information content (AvgIpc) is 3.30. The van der Waals surface area contributed by atoms with Crippen LogP contribution in [-0.4, -0.2) is 47.0 Å². The van der Waals surface area contributed by atoms with Crippen LogP contribution in [0.1, 0.15) is 24.7 Å². The van der Waals surface area contributed by atoms with Gasteiger partial charge in [-0.05, 0) is 38.0 Å². The largest absolute Gasteiger partial charge is 0.487 e. The van der Waals surface area contributed by atoms with Gasteiger partial charge in [0.1, 0.15) is 16.7 Å². The van der Waals surface area contributed by atoms with Crippen molar-refractivity contribution in [1.82, 2.24) is 19.4 Å². The van der Waals surface area contributed by atoms with Gasteiger partial charge >= 0.3 is 0 Å². The van der Waals surface area contributed by atoms with E-state index in [1.165, 1.54) is 10.5 Å². The molecular formula is C18H20N4O4S. The summed E-state index contributed by atoms with van der Waals surface area (Å²) in [6.07, 6.45) is 4.03. The zero-order valence-corrected chi connectivity index (χ0v) is 15.9. The van der Waals surface area contributed by atoms with E-state index in [4.69, 9.17) is 9.26 Å². The van der Waals surface area contributed by atoms with Crippen molar-refractivity contribution in [3.8, 4) is 5.75 Å². The molecule has 1 aliphatic heterocycles. The van der Waals surface area contributed by atoms with Crippen molar-refractivity contribution in [3.63, 3.8) is 0 Å². The second-order valence-corrected chi connectivity index (χ2v) is 8.47. The zero-order valence-electron chi connectivity index (χ0n) is 15.1. The summed E-state index contributed by atoms with van der Waals surface area (Å²) in [5.74, 6) is 0.644. The van der Waals surface area contributed by atoms with E-state index in [0.29, 0.717) is 48.5 Å². The van der Waals surface area contributed by atoms with Gasteiger partial charge in [0.2, 0.25) is 10.0 Å². The normalized spacial score (nSPS) is 18.2. The highest BCUT2D eigenvalue weighted by Crippen LogP contribution is 2.26. The molecule has 1 fully saturated rings. The number of nitrogens with zero attached hydrogens (tertiary/aromatic N) is 4. The van der Waals surface area contributed by atoms with E-state index in [2.05, 4.69) is 15.1 Å². The topological polar surface area (TPSA) is 98.4 Å². The van der Waals surface area contributed by atoms with Gasteiger partial charge in [-0.1, -0.05) is 12.1 Å². The highest BCUT2D eigenvalue weighted by molar-refractivity contribution is 7.89. The zero-order chi connectivity index (χ0) is 19.0. The molecule has 1 atom stereocenters. The van der Waals surface area contributed by atoms with E-state index >= 15 is 0 Å². The summed E-state index contributed by atoms with van der Waals surface area (Å²) in [6, 6.07) is 5.30. The summed E-state index contributed by atoms with van der Waals surface area (Å²) < 4.78 is 38.5. The van der Waals surface area contributed by atoms with Gasteiger partial charge < -0.3 is 9.26 Å². The molecule has 8 nitrogen and oxygen atoms in total. The molecule has 0 saturated carbocycles. The predicted molar refractivity (Wildman–Crippen MR) is 97.9 cm³/mol. The van der Waals surface area contributed by atoms with Gasteiger partial charge in [-0.2, -0.15) is 4.31 Å². The number of hydrogen-bond acceptors (Lipinski definition) is 7. The lowest BCUT2D eigenvalue weighted by Crippen LogP contribution is -2.31. The lowest BCUT2D eigenvalue weighted by Gasteiger charge is -2.17. The second kappa shape index (κ2) is 6.90. The van der Waals surface area contributed by atoms with Crippen molar-refractivity contribution in [1.29, 1.82) is 0 Å². The van der Waals surface area contributed by atoms with Crippen molar-refractivity contribution in [3.05, 3.63) is 42.0 Å². The first-order valence-electron chi connectivity index (χ1n) is 8.81. The third kappa shape index (κ3) is 3.40. The van der Waals surface area contributed by atoms with E-state index in [1.807, 2.05) is 26.0 Å². The smallest absolute Gasteiger partial charge is 0.258 e. The van der Waals surface area contributed by atoms with Crippen LogP contribution in [-0.2, 0) is 16.4 Å². The Morgan fingerprint density at radius 2 is 2.15 bits per heavy atom. The molecule has 0 N–H and O–H groups in total. The molecule has 4 heterocycles. The van der Waals surface area contributed by atoms with E-state index in [-0.39, 0.29) is 11.0 Å². The van der Waals surface area contributed by atoms with Crippen LogP contribution >= 0.6 is 0 Å². The second-order valence-electron chi connectivity index (χ2n) is 6.53. The fourth-order valence-electron chi connectivity index (χ4n) is 3.13. The highest BCUT2D eigenvalue weighted by atomic mass is 32.2. The molecule has 27 heavy (non-hydrogen) atoms. The highest BCUT2D eigenvalue weighted by Gasteiger charge is 2.34. The Morgan fingerprint density at radius 1 is 1.30 bits per heavy atom. The Bertz CT molecular complexity index is 1060. The number of sulfonamides is 1. The van der Waals surface area contributed by atoms with Crippen LogP contribution in [0.2, 0.25) is 0 Å². The SMILES string of the molecule is CCc1noc2ncc(S(=O)(=O)N3CC[C@H](Oc4ccc(C)nc4)C3)cc12.